The van der Waals surface area contributed by atoms with E-state index in [0.29, 0.717) is 5.69 Å². The largest absolute Gasteiger partial charge is 0.321 e. The summed E-state index contributed by atoms with van der Waals surface area (Å²) in [6, 6.07) is 7.14. The van der Waals surface area contributed by atoms with Crippen LogP contribution in [-0.4, -0.2) is 0 Å². The molecule has 0 atom stereocenters. The summed E-state index contributed by atoms with van der Waals surface area (Å²) in [6.07, 6.45) is 0. The molecule has 3 heteroatoms. The Kier molecular flexibility index (Phi) is 3.03. The van der Waals surface area contributed by atoms with Gasteiger partial charge in [0.1, 0.15) is 0 Å². The molecule has 0 aliphatic heterocycles. The molecule has 0 aromatic heterocycles. The second kappa shape index (κ2) is 4.05. The Balaban J connectivity index is 3.40. The normalized spacial score (nSPS) is 10.2. The molecule has 0 saturated heterocycles. The van der Waals surface area contributed by atoms with Crippen molar-refractivity contribution in [2.45, 2.75) is 19.8 Å². The van der Waals surface area contributed by atoms with Gasteiger partial charge in [-0.25, -0.2) is 0 Å². The minimum Gasteiger partial charge on any atom is -0.321 e. The first-order chi connectivity index (χ1) is 6.16. The van der Waals surface area contributed by atoms with Crippen LogP contribution in [0.25, 0.3) is 0 Å². The summed E-state index contributed by atoms with van der Waals surface area (Å²) in [4.78, 5) is 11.7. The summed E-state index contributed by atoms with van der Waals surface area (Å²) >= 11 is 0. The summed E-state index contributed by atoms with van der Waals surface area (Å²) in [6.45, 7) is 3.97. The number of rotatable bonds is 2. The first-order valence-corrected chi connectivity index (χ1v) is 4.26. The van der Waals surface area contributed by atoms with Gasteiger partial charge in [0.15, 0.2) is 0 Å². The molecule has 0 amide bonds. The number of hydrogen-bond acceptors (Lipinski definition) is 3. The molecule has 1 rings (SSSR count). The lowest BCUT2D eigenvalue weighted by Gasteiger charge is -2.01. The maximum Gasteiger partial charge on any atom is 0.206 e. The molecule has 0 aliphatic rings. The molecular formula is C10H14N2O. The molecule has 1 aromatic carbocycles. The molecule has 0 spiro atoms. The Labute approximate surface area is 77.6 Å². The second-order valence-corrected chi connectivity index (χ2v) is 3.22. The Bertz CT molecular complexity index is 347. The van der Waals surface area contributed by atoms with Crippen LogP contribution in [0.1, 0.15) is 25.3 Å². The van der Waals surface area contributed by atoms with E-state index in [2.05, 4.69) is 5.43 Å². The lowest BCUT2D eigenvalue weighted by Crippen LogP contribution is -2.17. The summed E-state index contributed by atoms with van der Waals surface area (Å²) in [5, 5.41) is 0. The zero-order valence-electron chi connectivity index (χ0n) is 7.87. The monoisotopic (exact) mass is 178 g/mol. The first kappa shape index (κ1) is 9.74. The van der Waals surface area contributed by atoms with Gasteiger partial charge in [-0.1, -0.05) is 32.0 Å². The zero-order valence-corrected chi connectivity index (χ0v) is 7.87. The van der Waals surface area contributed by atoms with Gasteiger partial charge >= 0.3 is 0 Å². The standard InChI is InChI=1S/C10H14N2O/c1-7(2)8-5-3-4-6-9(12-11)10(8)13/h3-7H,11H2,1-2H3,(H,12,13). The molecule has 0 saturated carbocycles. The highest BCUT2D eigenvalue weighted by Crippen LogP contribution is 2.10. The zero-order chi connectivity index (χ0) is 9.84. The van der Waals surface area contributed by atoms with Crippen molar-refractivity contribution in [2.24, 2.45) is 5.84 Å². The first-order valence-electron chi connectivity index (χ1n) is 4.26. The molecule has 13 heavy (non-hydrogen) atoms. The van der Waals surface area contributed by atoms with Crippen LogP contribution >= 0.6 is 0 Å². The van der Waals surface area contributed by atoms with Gasteiger partial charge in [0.05, 0.1) is 5.69 Å². The van der Waals surface area contributed by atoms with E-state index in [1.54, 1.807) is 12.1 Å². The molecule has 0 heterocycles. The average molecular weight is 178 g/mol. The Hall–Kier alpha value is -1.35. The third kappa shape index (κ3) is 2.06. The van der Waals surface area contributed by atoms with E-state index in [9.17, 15) is 4.79 Å². The predicted molar refractivity (Wildman–Crippen MR) is 54.6 cm³/mol. The maximum atomic E-state index is 11.7. The summed E-state index contributed by atoms with van der Waals surface area (Å²) in [5.74, 6) is 5.44. The summed E-state index contributed by atoms with van der Waals surface area (Å²) < 4.78 is 0. The third-order valence-corrected chi connectivity index (χ3v) is 1.93. The van der Waals surface area contributed by atoms with Crippen molar-refractivity contribution in [3.63, 3.8) is 0 Å². The van der Waals surface area contributed by atoms with Gasteiger partial charge in [-0.15, -0.1) is 0 Å². The smallest absolute Gasteiger partial charge is 0.206 e. The van der Waals surface area contributed by atoms with E-state index >= 15 is 0 Å². The van der Waals surface area contributed by atoms with Crippen LogP contribution in [-0.2, 0) is 0 Å². The van der Waals surface area contributed by atoms with Crippen molar-refractivity contribution in [3.05, 3.63) is 40.1 Å². The van der Waals surface area contributed by atoms with E-state index in [1.807, 2.05) is 26.0 Å². The highest BCUT2D eigenvalue weighted by Gasteiger charge is 2.05. The van der Waals surface area contributed by atoms with Crippen LogP contribution in [0.15, 0.2) is 29.1 Å². The Morgan fingerprint density at radius 1 is 1.31 bits per heavy atom. The van der Waals surface area contributed by atoms with Crippen molar-refractivity contribution in [3.8, 4) is 0 Å². The fourth-order valence-corrected chi connectivity index (χ4v) is 1.19. The predicted octanol–water partition coefficient (Wildman–Crippen LogP) is 1.46. The molecular weight excluding hydrogens is 164 g/mol. The van der Waals surface area contributed by atoms with E-state index in [1.165, 1.54) is 0 Å². The van der Waals surface area contributed by atoms with Crippen molar-refractivity contribution >= 4 is 5.69 Å². The number of nitrogens with one attached hydrogen (secondary N) is 1. The van der Waals surface area contributed by atoms with Gasteiger partial charge in [0.2, 0.25) is 5.43 Å². The van der Waals surface area contributed by atoms with Crippen molar-refractivity contribution < 1.29 is 0 Å². The van der Waals surface area contributed by atoms with Gasteiger partial charge in [-0.05, 0) is 12.0 Å². The molecule has 0 bridgehead atoms. The third-order valence-electron chi connectivity index (χ3n) is 1.93. The number of hydrogen-bond donors (Lipinski definition) is 2. The molecule has 0 radical (unpaired) electrons. The molecule has 0 aliphatic carbocycles. The van der Waals surface area contributed by atoms with Crippen LogP contribution in [0.2, 0.25) is 0 Å². The van der Waals surface area contributed by atoms with Crippen molar-refractivity contribution in [1.82, 2.24) is 0 Å². The highest BCUT2D eigenvalue weighted by molar-refractivity contribution is 5.43. The van der Waals surface area contributed by atoms with E-state index in [0.717, 1.165) is 5.56 Å². The molecule has 1 aromatic rings. The topological polar surface area (TPSA) is 55.1 Å². The Morgan fingerprint density at radius 2 is 1.92 bits per heavy atom. The van der Waals surface area contributed by atoms with Gasteiger partial charge in [0.25, 0.3) is 0 Å². The molecule has 3 nitrogen and oxygen atoms in total. The lowest BCUT2D eigenvalue weighted by atomic mass is 10.1. The minimum absolute atomic E-state index is 0.0255. The van der Waals surface area contributed by atoms with E-state index in [-0.39, 0.29) is 11.3 Å². The molecule has 0 fully saturated rings. The number of hydrazine groups is 1. The summed E-state index contributed by atoms with van der Waals surface area (Å²) in [5.41, 5.74) is 3.59. The van der Waals surface area contributed by atoms with Crippen LogP contribution in [0.4, 0.5) is 5.69 Å². The quantitative estimate of drug-likeness (QED) is 0.532. The van der Waals surface area contributed by atoms with Crippen LogP contribution < -0.4 is 16.7 Å². The van der Waals surface area contributed by atoms with Crippen LogP contribution in [0.5, 0.6) is 0 Å². The van der Waals surface area contributed by atoms with Crippen LogP contribution in [0, 0.1) is 0 Å². The number of nitrogen functional groups attached to an aromatic ring is 1. The van der Waals surface area contributed by atoms with Gasteiger partial charge in [-0.3, -0.25) is 10.6 Å². The number of nitrogens with two attached hydrogens (primary N) is 1. The maximum absolute atomic E-state index is 11.7. The van der Waals surface area contributed by atoms with Gasteiger partial charge in [0, 0.05) is 5.56 Å². The van der Waals surface area contributed by atoms with Crippen LogP contribution in [0.3, 0.4) is 0 Å². The number of anilines is 1. The van der Waals surface area contributed by atoms with Gasteiger partial charge in [-0.2, -0.15) is 0 Å². The fraction of sp³-hybridized carbons (Fsp3) is 0.300. The van der Waals surface area contributed by atoms with E-state index in [4.69, 9.17) is 5.84 Å². The lowest BCUT2D eigenvalue weighted by molar-refractivity contribution is 0.859. The molecule has 3 N–H and O–H groups in total. The van der Waals surface area contributed by atoms with E-state index < -0.39 is 0 Å². The Morgan fingerprint density at radius 3 is 2.46 bits per heavy atom. The minimum atomic E-state index is -0.0255. The van der Waals surface area contributed by atoms with Gasteiger partial charge < -0.3 is 5.43 Å². The highest BCUT2D eigenvalue weighted by atomic mass is 16.1. The molecule has 70 valence electrons. The second-order valence-electron chi connectivity index (χ2n) is 3.22. The van der Waals surface area contributed by atoms with Crippen molar-refractivity contribution in [1.29, 1.82) is 0 Å². The summed E-state index contributed by atoms with van der Waals surface area (Å²) in [7, 11) is 0. The van der Waals surface area contributed by atoms with Crippen molar-refractivity contribution in [2.75, 3.05) is 5.43 Å². The molecule has 0 unspecified atom stereocenters. The fourth-order valence-electron chi connectivity index (χ4n) is 1.19. The SMILES string of the molecule is CC(C)c1ccccc(NN)c1=O. The average Bonchev–Trinajstić information content (AvgIpc) is 2.26.